The molecule has 23 heavy (non-hydrogen) atoms. The first-order chi connectivity index (χ1) is 10.8. The second kappa shape index (κ2) is 5.49. The summed E-state index contributed by atoms with van der Waals surface area (Å²) in [5, 5.41) is 5.82. The standard InChI is InChI=1S/C18H21N3OS/c1-5-21-15-7-6-12(9-14-16(22)20-17(23)19-14)8-13(15)11(2)10-18(21,3)4/h6-10H,5H2,1-4H3,(H2,19,20,22,23)/b14-9-. The fraction of sp³-hybridized carbons (Fsp3) is 0.333. The SMILES string of the molecule is CCN1c2ccc(/C=C3\NC(=S)NC3=O)cc2C(C)=CC1(C)C. The van der Waals surface area contributed by atoms with Gasteiger partial charge in [-0.15, -0.1) is 0 Å². The van der Waals surface area contributed by atoms with E-state index < -0.39 is 0 Å². The molecule has 0 saturated carbocycles. The maximum atomic E-state index is 11.8. The Balaban J connectivity index is 2.03. The van der Waals surface area contributed by atoms with E-state index in [0.717, 1.165) is 12.1 Å². The van der Waals surface area contributed by atoms with Crippen LogP contribution in [-0.2, 0) is 4.79 Å². The number of carbonyl (C=O) groups is 1. The number of nitrogens with zero attached hydrogens (tertiary/aromatic N) is 1. The van der Waals surface area contributed by atoms with Crippen LogP contribution in [0.15, 0.2) is 30.0 Å². The Morgan fingerprint density at radius 3 is 2.65 bits per heavy atom. The van der Waals surface area contributed by atoms with Crippen molar-refractivity contribution in [3.05, 3.63) is 41.1 Å². The second-order valence-corrected chi connectivity index (χ2v) is 6.88. The summed E-state index contributed by atoms with van der Waals surface area (Å²) in [7, 11) is 0. The van der Waals surface area contributed by atoms with Gasteiger partial charge in [-0.1, -0.05) is 12.1 Å². The third-order valence-electron chi connectivity index (χ3n) is 4.35. The van der Waals surface area contributed by atoms with E-state index in [2.05, 4.69) is 61.4 Å². The lowest BCUT2D eigenvalue weighted by molar-refractivity contribution is -0.115. The molecule has 3 rings (SSSR count). The minimum atomic E-state index is -0.184. The van der Waals surface area contributed by atoms with E-state index in [0.29, 0.717) is 10.8 Å². The van der Waals surface area contributed by atoms with Gasteiger partial charge < -0.3 is 10.2 Å². The lowest BCUT2D eigenvalue weighted by atomic mass is 9.88. The summed E-state index contributed by atoms with van der Waals surface area (Å²) in [6.07, 6.45) is 4.13. The molecule has 120 valence electrons. The van der Waals surface area contributed by atoms with Gasteiger partial charge >= 0.3 is 0 Å². The van der Waals surface area contributed by atoms with Crippen LogP contribution in [0.3, 0.4) is 0 Å². The molecule has 1 aromatic carbocycles. The minimum Gasteiger partial charge on any atom is -0.363 e. The quantitative estimate of drug-likeness (QED) is 0.647. The first-order valence-electron chi connectivity index (χ1n) is 7.77. The third-order valence-corrected chi connectivity index (χ3v) is 4.55. The molecule has 1 amide bonds. The zero-order chi connectivity index (χ0) is 16.8. The van der Waals surface area contributed by atoms with Gasteiger partial charge in [-0.2, -0.15) is 0 Å². The highest BCUT2D eigenvalue weighted by atomic mass is 32.1. The van der Waals surface area contributed by atoms with Crippen molar-refractivity contribution < 1.29 is 4.79 Å². The summed E-state index contributed by atoms with van der Waals surface area (Å²) in [5.41, 5.74) is 5.18. The van der Waals surface area contributed by atoms with E-state index in [9.17, 15) is 4.79 Å². The molecule has 1 fully saturated rings. The van der Waals surface area contributed by atoms with Gasteiger partial charge in [0.15, 0.2) is 5.11 Å². The average Bonchev–Trinajstić information content (AvgIpc) is 2.77. The van der Waals surface area contributed by atoms with Crippen LogP contribution in [0.2, 0.25) is 0 Å². The molecule has 2 N–H and O–H groups in total. The Kier molecular flexibility index (Phi) is 3.76. The highest BCUT2D eigenvalue weighted by molar-refractivity contribution is 7.80. The number of likely N-dealkylation sites (N-methyl/N-ethyl adjacent to an activating group) is 1. The second-order valence-electron chi connectivity index (χ2n) is 6.47. The molecule has 4 nitrogen and oxygen atoms in total. The monoisotopic (exact) mass is 327 g/mol. The molecule has 0 bridgehead atoms. The van der Waals surface area contributed by atoms with Crippen LogP contribution in [0.1, 0.15) is 38.8 Å². The van der Waals surface area contributed by atoms with Crippen LogP contribution in [0.5, 0.6) is 0 Å². The molecule has 0 unspecified atom stereocenters. The number of amides is 1. The Hall–Kier alpha value is -2.14. The van der Waals surface area contributed by atoms with Crippen LogP contribution in [0, 0.1) is 0 Å². The van der Waals surface area contributed by atoms with E-state index in [1.807, 2.05) is 12.1 Å². The van der Waals surface area contributed by atoms with Gasteiger partial charge in [0, 0.05) is 17.8 Å². The molecule has 0 radical (unpaired) electrons. The number of nitrogens with one attached hydrogen (secondary N) is 2. The summed E-state index contributed by atoms with van der Waals surface area (Å²) in [6, 6.07) is 6.30. The zero-order valence-electron chi connectivity index (χ0n) is 13.9. The lowest BCUT2D eigenvalue weighted by Gasteiger charge is -2.42. The molecule has 5 heteroatoms. The Morgan fingerprint density at radius 2 is 2.04 bits per heavy atom. The van der Waals surface area contributed by atoms with Crippen molar-refractivity contribution in [1.29, 1.82) is 0 Å². The van der Waals surface area contributed by atoms with Crippen LogP contribution >= 0.6 is 12.2 Å². The number of benzene rings is 1. The number of carbonyl (C=O) groups excluding carboxylic acids is 1. The van der Waals surface area contributed by atoms with Gasteiger partial charge in [-0.05, 0) is 69.3 Å². The Labute approximate surface area is 142 Å². The number of fused-ring (bicyclic) bond motifs is 1. The largest absolute Gasteiger partial charge is 0.363 e. The zero-order valence-corrected chi connectivity index (χ0v) is 14.7. The minimum absolute atomic E-state index is 0.00486. The van der Waals surface area contributed by atoms with Crippen molar-refractivity contribution in [2.45, 2.75) is 33.2 Å². The number of thiocarbonyl (C=S) groups is 1. The van der Waals surface area contributed by atoms with Crippen molar-refractivity contribution >= 4 is 40.6 Å². The number of allylic oxidation sites excluding steroid dienone is 1. The molecular weight excluding hydrogens is 306 g/mol. The van der Waals surface area contributed by atoms with E-state index in [4.69, 9.17) is 12.2 Å². The Bertz CT molecular complexity index is 762. The summed E-state index contributed by atoms with van der Waals surface area (Å²) < 4.78 is 0. The predicted molar refractivity (Wildman–Crippen MR) is 99.0 cm³/mol. The molecule has 2 heterocycles. The fourth-order valence-electron chi connectivity index (χ4n) is 3.42. The van der Waals surface area contributed by atoms with Crippen LogP contribution < -0.4 is 15.5 Å². The molecule has 2 aliphatic heterocycles. The predicted octanol–water partition coefficient (Wildman–Crippen LogP) is 3.05. The van der Waals surface area contributed by atoms with Crippen molar-refractivity contribution in [2.24, 2.45) is 0 Å². The summed E-state index contributed by atoms with van der Waals surface area (Å²) in [4.78, 5) is 14.2. The maximum Gasteiger partial charge on any atom is 0.273 e. The summed E-state index contributed by atoms with van der Waals surface area (Å²) in [5.74, 6) is -0.184. The normalized spacial score (nSPS) is 21.0. The van der Waals surface area contributed by atoms with Crippen molar-refractivity contribution in [1.82, 2.24) is 10.6 Å². The Morgan fingerprint density at radius 1 is 1.30 bits per heavy atom. The molecule has 0 aliphatic carbocycles. The van der Waals surface area contributed by atoms with Crippen molar-refractivity contribution in [3.63, 3.8) is 0 Å². The molecular formula is C18H21N3OS. The first-order valence-corrected chi connectivity index (χ1v) is 8.18. The lowest BCUT2D eigenvalue weighted by Crippen LogP contribution is -2.44. The highest BCUT2D eigenvalue weighted by Crippen LogP contribution is 2.39. The van der Waals surface area contributed by atoms with Gasteiger partial charge in [-0.25, -0.2) is 0 Å². The maximum absolute atomic E-state index is 11.8. The fourth-order valence-corrected chi connectivity index (χ4v) is 3.62. The molecule has 0 atom stereocenters. The first kappa shape index (κ1) is 15.7. The number of hydrogen-bond donors (Lipinski definition) is 2. The van der Waals surface area contributed by atoms with Gasteiger partial charge in [0.2, 0.25) is 0 Å². The van der Waals surface area contributed by atoms with Crippen LogP contribution in [0.4, 0.5) is 5.69 Å². The summed E-state index contributed by atoms with van der Waals surface area (Å²) in [6.45, 7) is 9.71. The smallest absolute Gasteiger partial charge is 0.273 e. The van der Waals surface area contributed by atoms with Gasteiger partial charge in [-0.3, -0.25) is 10.1 Å². The van der Waals surface area contributed by atoms with E-state index >= 15 is 0 Å². The topological polar surface area (TPSA) is 44.4 Å². The molecule has 2 aliphatic rings. The third kappa shape index (κ3) is 2.77. The molecule has 0 spiro atoms. The number of rotatable bonds is 2. The van der Waals surface area contributed by atoms with Crippen LogP contribution in [-0.4, -0.2) is 23.1 Å². The van der Waals surface area contributed by atoms with E-state index in [1.165, 1.54) is 16.8 Å². The van der Waals surface area contributed by atoms with Gasteiger partial charge in [0.1, 0.15) is 5.70 Å². The van der Waals surface area contributed by atoms with E-state index in [1.54, 1.807) is 0 Å². The highest BCUT2D eigenvalue weighted by Gasteiger charge is 2.30. The van der Waals surface area contributed by atoms with Gasteiger partial charge in [0.25, 0.3) is 5.91 Å². The average molecular weight is 327 g/mol. The van der Waals surface area contributed by atoms with Crippen LogP contribution in [0.25, 0.3) is 11.6 Å². The molecule has 1 saturated heterocycles. The van der Waals surface area contributed by atoms with Crippen molar-refractivity contribution in [3.8, 4) is 0 Å². The molecule has 0 aromatic heterocycles. The van der Waals surface area contributed by atoms with Gasteiger partial charge in [0.05, 0.1) is 5.54 Å². The number of hydrogen-bond acceptors (Lipinski definition) is 3. The number of anilines is 1. The van der Waals surface area contributed by atoms with E-state index in [-0.39, 0.29) is 11.4 Å². The van der Waals surface area contributed by atoms with Crippen molar-refractivity contribution in [2.75, 3.05) is 11.4 Å². The summed E-state index contributed by atoms with van der Waals surface area (Å²) >= 11 is 4.96. The molecule has 1 aromatic rings.